The van der Waals surface area contributed by atoms with E-state index in [9.17, 15) is 0 Å². The molecule has 2 heterocycles. The van der Waals surface area contributed by atoms with E-state index in [1.807, 2.05) is 32.2 Å². The molecule has 0 unspecified atom stereocenters. The maximum Gasteiger partial charge on any atom is 0.162 e. The lowest BCUT2D eigenvalue weighted by molar-refractivity contribution is 1.07. The van der Waals surface area contributed by atoms with Crippen molar-refractivity contribution in [3.8, 4) is 11.4 Å². The number of hydrogen-bond acceptors (Lipinski definition) is 4. The Bertz CT molecular complexity index is 523. The number of aromatic nitrogens is 3. The van der Waals surface area contributed by atoms with Crippen LogP contribution in [0.3, 0.4) is 0 Å². The predicted octanol–water partition coefficient (Wildman–Crippen LogP) is 2.59. The van der Waals surface area contributed by atoms with Gasteiger partial charge < -0.3 is 5.32 Å². The van der Waals surface area contributed by atoms with Crippen LogP contribution in [0.1, 0.15) is 18.2 Å². The van der Waals surface area contributed by atoms with Crippen LogP contribution in [0.5, 0.6) is 0 Å². The molecule has 0 aliphatic carbocycles. The summed E-state index contributed by atoms with van der Waals surface area (Å²) in [5, 5.41) is 3.21. The first-order chi connectivity index (χ1) is 8.20. The molecule has 2 rings (SSSR count). The summed E-state index contributed by atoms with van der Waals surface area (Å²) in [4.78, 5) is 13.1. The summed E-state index contributed by atoms with van der Waals surface area (Å²) in [6.07, 6.45) is 3.59. The van der Waals surface area contributed by atoms with Crippen molar-refractivity contribution in [3.63, 3.8) is 0 Å². The molecule has 0 bridgehead atoms. The van der Waals surface area contributed by atoms with Gasteiger partial charge in [0.05, 0.1) is 0 Å². The van der Waals surface area contributed by atoms with Gasteiger partial charge in [-0.05, 0) is 32.4 Å². The lowest BCUT2D eigenvalue weighted by atomic mass is 10.1. The van der Waals surface area contributed by atoms with Crippen LogP contribution >= 0.6 is 0 Å². The normalized spacial score (nSPS) is 10.3. The van der Waals surface area contributed by atoms with Gasteiger partial charge in [-0.25, -0.2) is 9.97 Å². The smallest absolute Gasteiger partial charge is 0.162 e. The minimum absolute atomic E-state index is 0.751. The Morgan fingerprint density at radius 1 is 1.24 bits per heavy atom. The Kier molecular flexibility index (Phi) is 3.32. The van der Waals surface area contributed by atoms with Gasteiger partial charge >= 0.3 is 0 Å². The molecule has 0 amide bonds. The van der Waals surface area contributed by atoms with E-state index in [2.05, 4.69) is 27.2 Å². The first kappa shape index (κ1) is 11.5. The van der Waals surface area contributed by atoms with E-state index in [1.165, 1.54) is 0 Å². The molecule has 0 atom stereocenters. The summed E-state index contributed by atoms with van der Waals surface area (Å²) in [6, 6.07) is 3.89. The van der Waals surface area contributed by atoms with E-state index in [0.717, 1.165) is 35.0 Å². The van der Waals surface area contributed by atoms with E-state index in [-0.39, 0.29) is 0 Å². The van der Waals surface area contributed by atoms with Gasteiger partial charge in [-0.15, -0.1) is 0 Å². The van der Waals surface area contributed by atoms with Crippen molar-refractivity contribution in [2.75, 3.05) is 11.9 Å². The fourth-order valence-electron chi connectivity index (χ4n) is 1.68. The van der Waals surface area contributed by atoms with Crippen molar-refractivity contribution in [2.45, 2.75) is 20.8 Å². The van der Waals surface area contributed by atoms with Gasteiger partial charge in [0, 0.05) is 36.3 Å². The van der Waals surface area contributed by atoms with E-state index in [4.69, 9.17) is 0 Å². The SMILES string of the molecule is CCNc1cc(C)nc(-c2ccncc2C)n1. The minimum Gasteiger partial charge on any atom is -0.370 e. The molecule has 0 aliphatic heterocycles. The quantitative estimate of drug-likeness (QED) is 0.877. The zero-order chi connectivity index (χ0) is 12.3. The molecule has 0 aromatic carbocycles. The van der Waals surface area contributed by atoms with Crippen molar-refractivity contribution >= 4 is 5.82 Å². The fourth-order valence-corrected chi connectivity index (χ4v) is 1.68. The molecule has 0 saturated heterocycles. The number of hydrogen-bond donors (Lipinski definition) is 1. The Hall–Kier alpha value is -1.97. The first-order valence-corrected chi connectivity index (χ1v) is 5.71. The topological polar surface area (TPSA) is 50.7 Å². The first-order valence-electron chi connectivity index (χ1n) is 5.71. The van der Waals surface area contributed by atoms with Gasteiger partial charge in [0.1, 0.15) is 5.82 Å². The van der Waals surface area contributed by atoms with Crippen molar-refractivity contribution in [1.29, 1.82) is 0 Å². The number of rotatable bonds is 3. The number of pyridine rings is 1. The van der Waals surface area contributed by atoms with Crippen LogP contribution in [-0.2, 0) is 0 Å². The molecular formula is C13H16N4. The monoisotopic (exact) mass is 228 g/mol. The molecule has 1 N–H and O–H groups in total. The molecular weight excluding hydrogens is 212 g/mol. The van der Waals surface area contributed by atoms with Gasteiger partial charge in [0.2, 0.25) is 0 Å². The molecule has 0 spiro atoms. The molecule has 2 aromatic heterocycles. The number of aryl methyl sites for hydroxylation is 2. The summed E-state index contributed by atoms with van der Waals surface area (Å²) in [5.74, 6) is 1.62. The van der Waals surface area contributed by atoms with Crippen molar-refractivity contribution in [2.24, 2.45) is 0 Å². The number of nitrogens with one attached hydrogen (secondary N) is 1. The molecule has 4 nitrogen and oxygen atoms in total. The molecule has 4 heteroatoms. The summed E-state index contributed by atoms with van der Waals surface area (Å²) in [7, 11) is 0. The van der Waals surface area contributed by atoms with Crippen molar-refractivity contribution in [1.82, 2.24) is 15.0 Å². The summed E-state index contributed by atoms with van der Waals surface area (Å²) < 4.78 is 0. The fraction of sp³-hybridized carbons (Fsp3) is 0.308. The third-order valence-electron chi connectivity index (χ3n) is 2.47. The average molecular weight is 228 g/mol. The third-order valence-corrected chi connectivity index (χ3v) is 2.47. The van der Waals surface area contributed by atoms with Crippen LogP contribution in [0.4, 0.5) is 5.82 Å². The van der Waals surface area contributed by atoms with E-state index < -0.39 is 0 Å². The van der Waals surface area contributed by atoms with Gasteiger partial charge in [-0.1, -0.05) is 0 Å². The second-order valence-electron chi connectivity index (χ2n) is 3.94. The Labute approximate surface area is 101 Å². The zero-order valence-electron chi connectivity index (χ0n) is 10.4. The Balaban J connectivity index is 2.48. The second-order valence-corrected chi connectivity index (χ2v) is 3.94. The van der Waals surface area contributed by atoms with Crippen LogP contribution < -0.4 is 5.32 Å². The maximum atomic E-state index is 4.50. The van der Waals surface area contributed by atoms with Gasteiger partial charge in [0.15, 0.2) is 5.82 Å². The molecule has 0 fully saturated rings. The molecule has 17 heavy (non-hydrogen) atoms. The standard InChI is InChI=1S/C13H16N4/c1-4-15-12-7-10(3)16-13(17-12)11-5-6-14-8-9(11)2/h5-8H,4H2,1-3H3,(H,15,16,17). The maximum absolute atomic E-state index is 4.50. The summed E-state index contributed by atoms with van der Waals surface area (Å²) >= 11 is 0. The highest BCUT2D eigenvalue weighted by atomic mass is 15.0. The highest BCUT2D eigenvalue weighted by Crippen LogP contribution is 2.20. The largest absolute Gasteiger partial charge is 0.370 e. The Morgan fingerprint density at radius 2 is 2.06 bits per heavy atom. The molecule has 88 valence electrons. The van der Waals surface area contributed by atoms with E-state index in [1.54, 1.807) is 6.20 Å². The lowest BCUT2D eigenvalue weighted by Gasteiger charge is -2.08. The highest BCUT2D eigenvalue weighted by Gasteiger charge is 2.07. The minimum atomic E-state index is 0.751. The molecule has 2 aromatic rings. The summed E-state index contributed by atoms with van der Waals surface area (Å²) in [5.41, 5.74) is 3.07. The van der Waals surface area contributed by atoms with Crippen molar-refractivity contribution in [3.05, 3.63) is 35.8 Å². The van der Waals surface area contributed by atoms with Crippen LogP contribution in [0.25, 0.3) is 11.4 Å². The summed E-state index contributed by atoms with van der Waals surface area (Å²) in [6.45, 7) is 6.89. The van der Waals surface area contributed by atoms with Crippen molar-refractivity contribution < 1.29 is 0 Å². The second kappa shape index (κ2) is 4.91. The van der Waals surface area contributed by atoms with Gasteiger partial charge in [-0.2, -0.15) is 0 Å². The Morgan fingerprint density at radius 3 is 2.76 bits per heavy atom. The van der Waals surface area contributed by atoms with Gasteiger partial charge in [0.25, 0.3) is 0 Å². The molecule has 0 aliphatic rings. The van der Waals surface area contributed by atoms with Crippen LogP contribution in [-0.4, -0.2) is 21.5 Å². The van der Waals surface area contributed by atoms with E-state index in [0.29, 0.717) is 0 Å². The van der Waals surface area contributed by atoms with Crippen LogP contribution in [0.2, 0.25) is 0 Å². The van der Waals surface area contributed by atoms with Gasteiger partial charge in [-0.3, -0.25) is 4.98 Å². The predicted molar refractivity (Wildman–Crippen MR) is 68.9 cm³/mol. The van der Waals surface area contributed by atoms with E-state index >= 15 is 0 Å². The highest BCUT2D eigenvalue weighted by molar-refractivity contribution is 5.60. The van der Waals surface area contributed by atoms with Crippen LogP contribution in [0, 0.1) is 13.8 Å². The molecule has 0 radical (unpaired) electrons. The molecule has 0 saturated carbocycles. The third kappa shape index (κ3) is 2.58. The zero-order valence-corrected chi connectivity index (χ0v) is 10.4. The van der Waals surface area contributed by atoms with Crippen LogP contribution in [0.15, 0.2) is 24.5 Å². The average Bonchev–Trinajstić information content (AvgIpc) is 2.29. The lowest BCUT2D eigenvalue weighted by Crippen LogP contribution is -2.03. The number of anilines is 1. The number of nitrogens with zero attached hydrogens (tertiary/aromatic N) is 3.